The van der Waals surface area contributed by atoms with Gasteiger partial charge < -0.3 is 0 Å². The summed E-state index contributed by atoms with van der Waals surface area (Å²) in [7, 11) is 0. The van der Waals surface area contributed by atoms with E-state index in [1.54, 1.807) is 0 Å². The molecule has 0 N–H and O–H groups in total. The number of Topliss-reactive ketones (excluding diaryl/α,β-unsaturated/α-hetero) is 1. The molecular formula is C22H26O. The molecule has 1 nitrogen and oxygen atoms in total. The SMILES string of the molecule is C/C=C\CC(C)C(=O)C(C)c1cccc(Cc2ccccc2)c1. The molecule has 0 saturated carbocycles. The molecule has 120 valence electrons. The van der Waals surface area contributed by atoms with Crippen molar-refractivity contribution in [3.05, 3.63) is 83.4 Å². The maximum absolute atomic E-state index is 12.6. The topological polar surface area (TPSA) is 17.1 Å². The number of hydrogen-bond acceptors (Lipinski definition) is 1. The molecule has 0 aliphatic heterocycles. The van der Waals surface area contributed by atoms with Gasteiger partial charge in [-0.3, -0.25) is 4.79 Å². The van der Waals surface area contributed by atoms with Gasteiger partial charge in [-0.15, -0.1) is 0 Å². The van der Waals surface area contributed by atoms with Crippen LogP contribution in [0, 0.1) is 5.92 Å². The summed E-state index contributed by atoms with van der Waals surface area (Å²) in [6.45, 7) is 6.04. The second kappa shape index (κ2) is 8.47. The van der Waals surface area contributed by atoms with E-state index in [2.05, 4.69) is 54.6 Å². The molecule has 1 heteroatoms. The standard InChI is InChI=1S/C22H26O/c1-4-5-10-17(2)22(23)18(3)21-14-9-13-20(16-21)15-19-11-7-6-8-12-19/h4-9,11-14,16-18H,10,15H2,1-3H3/b5-4-. The molecule has 0 radical (unpaired) electrons. The molecule has 0 fully saturated rings. The van der Waals surface area contributed by atoms with E-state index in [1.165, 1.54) is 11.1 Å². The Hall–Kier alpha value is -2.15. The first kappa shape index (κ1) is 17.2. The number of allylic oxidation sites excluding steroid dienone is 2. The van der Waals surface area contributed by atoms with Crippen LogP contribution in [-0.4, -0.2) is 5.78 Å². The summed E-state index contributed by atoms with van der Waals surface area (Å²) in [6.07, 6.45) is 5.81. The second-order valence-corrected chi connectivity index (χ2v) is 6.24. The minimum atomic E-state index is -0.0500. The highest BCUT2D eigenvalue weighted by Crippen LogP contribution is 2.23. The molecule has 0 spiro atoms. The second-order valence-electron chi connectivity index (χ2n) is 6.24. The Balaban J connectivity index is 2.10. The third kappa shape index (κ3) is 4.92. The molecule has 0 heterocycles. The van der Waals surface area contributed by atoms with Crippen LogP contribution in [0.2, 0.25) is 0 Å². The molecule has 0 aromatic heterocycles. The van der Waals surface area contributed by atoms with Crippen molar-refractivity contribution in [3.8, 4) is 0 Å². The van der Waals surface area contributed by atoms with E-state index in [4.69, 9.17) is 0 Å². The van der Waals surface area contributed by atoms with Crippen molar-refractivity contribution in [1.82, 2.24) is 0 Å². The zero-order chi connectivity index (χ0) is 16.7. The van der Waals surface area contributed by atoms with Gasteiger partial charge in [0.05, 0.1) is 0 Å². The highest BCUT2D eigenvalue weighted by atomic mass is 16.1. The van der Waals surface area contributed by atoms with Crippen molar-refractivity contribution in [2.75, 3.05) is 0 Å². The Labute approximate surface area is 140 Å². The van der Waals surface area contributed by atoms with E-state index in [-0.39, 0.29) is 11.8 Å². The molecule has 2 aromatic carbocycles. The maximum atomic E-state index is 12.6. The zero-order valence-corrected chi connectivity index (χ0v) is 14.3. The molecule has 0 amide bonds. The number of carbonyl (C=O) groups excluding carboxylic acids is 1. The lowest BCUT2D eigenvalue weighted by molar-refractivity contribution is -0.123. The van der Waals surface area contributed by atoms with Crippen LogP contribution >= 0.6 is 0 Å². The fourth-order valence-electron chi connectivity index (χ4n) is 2.85. The predicted molar refractivity (Wildman–Crippen MR) is 97.7 cm³/mol. The van der Waals surface area contributed by atoms with Gasteiger partial charge in [-0.2, -0.15) is 0 Å². The number of carbonyl (C=O) groups is 1. The van der Waals surface area contributed by atoms with E-state index >= 15 is 0 Å². The van der Waals surface area contributed by atoms with Crippen molar-refractivity contribution in [2.45, 2.75) is 39.5 Å². The van der Waals surface area contributed by atoms with Crippen LogP contribution in [0.5, 0.6) is 0 Å². The van der Waals surface area contributed by atoms with E-state index in [1.807, 2.05) is 32.9 Å². The van der Waals surface area contributed by atoms with Crippen LogP contribution in [0.4, 0.5) is 0 Å². The molecule has 0 saturated heterocycles. The van der Waals surface area contributed by atoms with Crippen LogP contribution in [-0.2, 0) is 11.2 Å². The Morgan fingerprint density at radius 2 is 1.70 bits per heavy atom. The fraction of sp³-hybridized carbons (Fsp3) is 0.318. The van der Waals surface area contributed by atoms with Crippen LogP contribution in [0.15, 0.2) is 66.7 Å². The minimum Gasteiger partial charge on any atom is -0.299 e. The first-order chi connectivity index (χ1) is 11.1. The van der Waals surface area contributed by atoms with E-state index in [0.717, 1.165) is 18.4 Å². The van der Waals surface area contributed by atoms with Gasteiger partial charge in [0, 0.05) is 11.8 Å². The van der Waals surface area contributed by atoms with Crippen LogP contribution in [0.3, 0.4) is 0 Å². The third-order valence-electron chi connectivity index (χ3n) is 4.34. The van der Waals surface area contributed by atoms with Crippen molar-refractivity contribution in [1.29, 1.82) is 0 Å². The normalized spacial score (nSPS) is 13.9. The van der Waals surface area contributed by atoms with E-state index in [0.29, 0.717) is 5.78 Å². The van der Waals surface area contributed by atoms with Gasteiger partial charge in [-0.05, 0) is 36.5 Å². The van der Waals surface area contributed by atoms with Gasteiger partial charge in [0.25, 0.3) is 0 Å². The average molecular weight is 306 g/mol. The summed E-state index contributed by atoms with van der Waals surface area (Å²) < 4.78 is 0. The minimum absolute atomic E-state index is 0.0500. The summed E-state index contributed by atoms with van der Waals surface area (Å²) in [5.41, 5.74) is 3.68. The summed E-state index contributed by atoms with van der Waals surface area (Å²) in [6, 6.07) is 18.9. The Morgan fingerprint density at radius 3 is 2.39 bits per heavy atom. The van der Waals surface area contributed by atoms with E-state index < -0.39 is 0 Å². The summed E-state index contributed by atoms with van der Waals surface area (Å²) >= 11 is 0. The molecular weight excluding hydrogens is 280 g/mol. The highest BCUT2D eigenvalue weighted by molar-refractivity contribution is 5.87. The van der Waals surface area contributed by atoms with Crippen molar-refractivity contribution in [3.63, 3.8) is 0 Å². The molecule has 2 unspecified atom stereocenters. The monoisotopic (exact) mass is 306 g/mol. The van der Waals surface area contributed by atoms with Crippen LogP contribution in [0.1, 0.15) is 49.8 Å². The quantitative estimate of drug-likeness (QED) is 0.613. The van der Waals surface area contributed by atoms with Crippen molar-refractivity contribution < 1.29 is 4.79 Å². The Kier molecular flexibility index (Phi) is 6.34. The average Bonchev–Trinajstić information content (AvgIpc) is 2.59. The van der Waals surface area contributed by atoms with Crippen molar-refractivity contribution >= 4 is 5.78 Å². The Bertz CT molecular complexity index is 655. The highest BCUT2D eigenvalue weighted by Gasteiger charge is 2.20. The van der Waals surface area contributed by atoms with Gasteiger partial charge in [0.2, 0.25) is 0 Å². The molecule has 2 atom stereocenters. The van der Waals surface area contributed by atoms with Gasteiger partial charge in [0.15, 0.2) is 0 Å². The summed E-state index contributed by atoms with van der Waals surface area (Å²) in [5, 5.41) is 0. The fourth-order valence-corrected chi connectivity index (χ4v) is 2.85. The smallest absolute Gasteiger partial charge is 0.143 e. The lowest BCUT2D eigenvalue weighted by atomic mass is 9.87. The first-order valence-corrected chi connectivity index (χ1v) is 8.39. The maximum Gasteiger partial charge on any atom is 0.143 e. The zero-order valence-electron chi connectivity index (χ0n) is 14.3. The van der Waals surface area contributed by atoms with Gasteiger partial charge in [0.1, 0.15) is 5.78 Å². The van der Waals surface area contributed by atoms with Crippen LogP contribution < -0.4 is 0 Å². The van der Waals surface area contributed by atoms with E-state index in [9.17, 15) is 4.79 Å². The first-order valence-electron chi connectivity index (χ1n) is 8.39. The summed E-state index contributed by atoms with van der Waals surface area (Å²) in [4.78, 5) is 12.6. The number of hydrogen-bond donors (Lipinski definition) is 0. The molecule has 0 aliphatic carbocycles. The lowest BCUT2D eigenvalue weighted by Gasteiger charge is -2.16. The van der Waals surface area contributed by atoms with Gasteiger partial charge in [-0.25, -0.2) is 0 Å². The largest absolute Gasteiger partial charge is 0.299 e. The molecule has 2 rings (SSSR count). The van der Waals surface area contributed by atoms with Gasteiger partial charge in [-0.1, -0.05) is 80.6 Å². The van der Waals surface area contributed by atoms with Crippen molar-refractivity contribution in [2.24, 2.45) is 5.92 Å². The Morgan fingerprint density at radius 1 is 1.00 bits per heavy atom. The van der Waals surface area contributed by atoms with Gasteiger partial charge >= 0.3 is 0 Å². The third-order valence-corrected chi connectivity index (χ3v) is 4.34. The molecule has 0 aliphatic rings. The molecule has 2 aromatic rings. The summed E-state index contributed by atoms with van der Waals surface area (Å²) in [5.74, 6) is 0.338. The number of benzene rings is 2. The molecule has 23 heavy (non-hydrogen) atoms. The number of rotatable bonds is 7. The van der Waals surface area contributed by atoms with Crippen LogP contribution in [0.25, 0.3) is 0 Å². The lowest BCUT2D eigenvalue weighted by Crippen LogP contribution is -2.17. The predicted octanol–water partition coefficient (Wildman–Crippen LogP) is 5.55. The molecule has 0 bridgehead atoms. The number of ketones is 1.